The predicted molar refractivity (Wildman–Crippen MR) is 82.4 cm³/mol. The Morgan fingerprint density at radius 1 is 1.18 bits per heavy atom. The maximum atomic E-state index is 13.8. The Labute approximate surface area is 125 Å². The molecule has 7 heteroatoms. The second kappa shape index (κ2) is 5.69. The van der Waals surface area contributed by atoms with Crippen LogP contribution in [0, 0.1) is 11.6 Å². The maximum Gasteiger partial charge on any atom is 0.219 e. The van der Waals surface area contributed by atoms with Gasteiger partial charge in [-0.1, -0.05) is 12.1 Å². The number of nitrogens with two attached hydrogens (primary N) is 2. The van der Waals surface area contributed by atoms with E-state index < -0.39 is 17.9 Å². The van der Waals surface area contributed by atoms with Crippen LogP contribution in [0.25, 0.3) is 10.8 Å². The first-order valence-corrected chi connectivity index (χ1v) is 6.79. The van der Waals surface area contributed by atoms with Gasteiger partial charge in [-0.2, -0.15) is 0 Å². The van der Waals surface area contributed by atoms with Crippen LogP contribution in [0.2, 0.25) is 0 Å². The first-order chi connectivity index (χ1) is 10.5. The fourth-order valence-corrected chi connectivity index (χ4v) is 2.37. The van der Waals surface area contributed by atoms with Gasteiger partial charge in [0.15, 0.2) is 6.29 Å². The van der Waals surface area contributed by atoms with Gasteiger partial charge in [-0.3, -0.25) is 5.73 Å². The second-order valence-electron chi connectivity index (χ2n) is 5.08. The minimum absolute atomic E-state index is 0.151. The molecule has 2 aromatic rings. The molecule has 0 fully saturated rings. The van der Waals surface area contributed by atoms with Crippen LogP contribution in [0.15, 0.2) is 40.3 Å². The lowest BCUT2D eigenvalue weighted by Crippen LogP contribution is -2.44. The molecule has 0 bridgehead atoms. The summed E-state index contributed by atoms with van der Waals surface area (Å²) in [6.07, 6.45) is 1.61. The van der Waals surface area contributed by atoms with Gasteiger partial charge in [0.25, 0.3) is 0 Å². The SMILES string of the molecule is NC1=NC(N)N(CCc2ccc3cc(F)cc(F)c3c2)C=N1. The summed E-state index contributed by atoms with van der Waals surface area (Å²) in [7, 11) is 0. The van der Waals surface area contributed by atoms with E-state index in [1.165, 1.54) is 6.07 Å². The van der Waals surface area contributed by atoms with Crippen molar-refractivity contribution in [2.24, 2.45) is 21.5 Å². The molecule has 1 unspecified atom stereocenters. The summed E-state index contributed by atoms with van der Waals surface area (Å²) in [6.45, 7) is 0.565. The first kappa shape index (κ1) is 14.4. The van der Waals surface area contributed by atoms with Crippen molar-refractivity contribution in [1.82, 2.24) is 4.90 Å². The second-order valence-corrected chi connectivity index (χ2v) is 5.08. The highest BCUT2D eigenvalue weighted by Gasteiger charge is 2.14. The van der Waals surface area contributed by atoms with E-state index in [0.717, 1.165) is 11.6 Å². The molecule has 3 rings (SSSR count). The number of rotatable bonds is 3. The fourth-order valence-electron chi connectivity index (χ4n) is 2.37. The van der Waals surface area contributed by atoms with Crippen molar-refractivity contribution in [2.45, 2.75) is 12.7 Å². The van der Waals surface area contributed by atoms with Gasteiger partial charge in [0.05, 0.1) is 6.34 Å². The number of fused-ring (bicyclic) bond motifs is 1. The minimum atomic E-state index is -0.580. The van der Waals surface area contributed by atoms with Crippen LogP contribution in [0.3, 0.4) is 0 Å². The number of halogens is 2. The molecular formula is C15H15F2N5. The molecule has 0 aromatic heterocycles. The summed E-state index contributed by atoms with van der Waals surface area (Å²) >= 11 is 0. The molecule has 1 atom stereocenters. The van der Waals surface area contributed by atoms with Crippen molar-refractivity contribution in [1.29, 1.82) is 0 Å². The van der Waals surface area contributed by atoms with Crippen LogP contribution >= 0.6 is 0 Å². The molecule has 114 valence electrons. The fraction of sp³-hybridized carbons (Fsp3) is 0.200. The van der Waals surface area contributed by atoms with E-state index >= 15 is 0 Å². The van der Waals surface area contributed by atoms with Crippen molar-refractivity contribution in [3.8, 4) is 0 Å². The third-order valence-corrected chi connectivity index (χ3v) is 3.53. The third-order valence-electron chi connectivity index (χ3n) is 3.53. The molecule has 5 nitrogen and oxygen atoms in total. The van der Waals surface area contributed by atoms with Crippen molar-refractivity contribution >= 4 is 23.1 Å². The molecule has 1 aliphatic rings. The number of aliphatic imine (C=N–C) groups is 2. The van der Waals surface area contributed by atoms with E-state index in [0.29, 0.717) is 23.7 Å². The van der Waals surface area contributed by atoms with Gasteiger partial charge in [0, 0.05) is 18.0 Å². The Morgan fingerprint density at radius 3 is 2.77 bits per heavy atom. The minimum Gasteiger partial charge on any atom is -0.368 e. The number of guanidine groups is 1. The molecule has 0 amide bonds. The lowest BCUT2D eigenvalue weighted by Gasteiger charge is -2.26. The molecule has 0 aliphatic carbocycles. The zero-order valence-electron chi connectivity index (χ0n) is 11.7. The Balaban J connectivity index is 1.76. The van der Waals surface area contributed by atoms with E-state index in [4.69, 9.17) is 11.5 Å². The van der Waals surface area contributed by atoms with Gasteiger partial charge in [-0.15, -0.1) is 0 Å². The van der Waals surface area contributed by atoms with Crippen LogP contribution in [-0.4, -0.2) is 30.0 Å². The van der Waals surface area contributed by atoms with Crippen LogP contribution in [0.1, 0.15) is 5.56 Å². The van der Waals surface area contributed by atoms with Gasteiger partial charge < -0.3 is 10.6 Å². The highest BCUT2D eigenvalue weighted by Crippen LogP contribution is 2.21. The maximum absolute atomic E-state index is 13.8. The Hall–Kier alpha value is -2.54. The van der Waals surface area contributed by atoms with Crippen LogP contribution < -0.4 is 11.5 Å². The molecule has 1 aliphatic heterocycles. The van der Waals surface area contributed by atoms with E-state index in [1.807, 2.05) is 6.07 Å². The van der Waals surface area contributed by atoms with Crippen molar-refractivity contribution in [2.75, 3.05) is 6.54 Å². The molecule has 2 aromatic carbocycles. The quantitative estimate of drug-likeness (QED) is 0.903. The van der Waals surface area contributed by atoms with E-state index in [-0.39, 0.29) is 5.96 Å². The molecular weight excluding hydrogens is 288 g/mol. The van der Waals surface area contributed by atoms with Gasteiger partial charge in [0.2, 0.25) is 5.96 Å². The zero-order valence-corrected chi connectivity index (χ0v) is 11.7. The van der Waals surface area contributed by atoms with Crippen molar-refractivity contribution in [3.05, 3.63) is 47.5 Å². The standard InChI is InChI=1S/C15H15F2N5/c16-11-6-10-2-1-9(5-12(10)13(17)7-11)3-4-22-8-20-14(18)21-15(22)19/h1-2,5-8,15H,3-4,19H2,(H2,18,21). The molecule has 0 saturated heterocycles. The summed E-state index contributed by atoms with van der Waals surface area (Å²) in [5.74, 6) is -0.993. The van der Waals surface area contributed by atoms with Crippen LogP contribution in [0.4, 0.5) is 8.78 Å². The Kier molecular flexibility index (Phi) is 3.72. The third kappa shape index (κ3) is 2.89. The Morgan fingerprint density at radius 2 is 2.00 bits per heavy atom. The van der Waals surface area contributed by atoms with E-state index in [9.17, 15) is 8.78 Å². The Bertz CT molecular complexity index is 772. The molecule has 0 spiro atoms. The molecule has 0 saturated carbocycles. The predicted octanol–water partition coefficient (Wildman–Crippen LogP) is 1.56. The van der Waals surface area contributed by atoms with Gasteiger partial charge >= 0.3 is 0 Å². The average molecular weight is 303 g/mol. The van der Waals surface area contributed by atoms with Crippen LogP contribution in [-0.2, 0) is 6.42 Å². The van der Waals surface area contributed by atoms with Crippen molar-refractivity contribution in [3.63, 3.8) is 0 Å². The largest absolute Gasteiger partial charge is 0.368 e. The smallest absolute Gasteiger partial charge is 0.219 e. The summed E-state index contributed by atoms with van der Waals surface area (Å²) in [5, 5.41) is 0.938. The summed E-state index contributed by atoms with van der Waals surface area (Å²) in [6, 6.07) is 7.46. The molecule has 22 heavy (non-hydrogen) atoms. The lowest BCUT2D eigenvalue weighted by atomic mass is 10.0. The number of hydrogen-bond acceptors (Lipinski definition) is 5. The monoisotopic (exact) mass is 303 g/mol. The molecule has 4 N–H and O–H groups in total. The number of benzene rings is 2. The summed E-state index contributed by atoms with van der Waals surface area (Å²) in [5.41, 5.74) is 12.2. The zero-order chi connectivity index (χ0) is 15.7. The molecule has 0 radical (unpaired) electrons. The summed E-state index contributed by atoms with van der Waals surface area (Å²) < 4.78 is 27.0. The highest BCUT2D eigenvalue weighted by atomic mass is 19.1. The summed E-state index contributed by atoms with van der Waals surface area (Å²) in [4.78, 5) is 9.58. The molecule has 1 heterocycles. The topological polar surface area (TPSA) is 80.0 Å². The number of hydrogen-bond donors (Lipinski definition) is 2. The average Bonchev–Trinajstić information content (AvgIpc) is 2.46. The van der Waals surface area contributed by atoms with Crippen LogP contribution in [0.5, 0.6) is 0 Å². The van der Waals surface area contributed by atoms with E-state index in [1.54, 1.807) is 23.4 Å². The van der Waals surface area contributed by atoms with Gasteiger partial charge in [-0.25, -0.2) is 18.8 Å². The first-order valence-electron chi connectivity index (χ1n) is 6.79. The normalized spacial score (nSPS) is 17.9. The van der Waals surface area contributed by atoms with Gasteiger partial charge in [0.1, 0.15) is 11.6 Å². The van der Waals surface area contributed by atoms with E-state index in [2.05, 4.69) is 9.98 Å². The highest BCUT2D eigenvalue weighted by molar-refractivity contribution is 5.87. The van der Waals surface area contributed by atoms with Crippen molar-refractivity contribution < 1.29 is 8.78 Å². The number of nitrogens with zero attached hydrogens (tertiary/aromatic N) is 3. The van der Waals surface area contributed by atoms with Gasteiger partial charge in [-0.05, 0) is 29.5 Å². The lowest BCUT2D eigenvalue weighted by molar-refractivity contribution is 0.334.